The van der Waals surface area contributed by atoms with E-state index in [9.17, 15) is 0 Å². The Labute approximate surface area is 182 Å². The van der Waals surface area contributed by atoms with Gasteiger partial charge >= 0.3 is 0 Å². The summed E-state index contributed by atoms with van der Waals surface area (Å²) in [6.07, 6.45) is 5.70. The van der Waals surface area contributed by atoms with Crippen LogP contribution in [0.2, 0.25) is 0 Å². The van der Waals surface area contributed by atoms with Gasteiger partial charge in [0.25, 0.3) is 0 Å². The number of ether oxygens (including phenoxy) is 1. The van der Waals surface area contributed by atoms with E-state index in [-0.39, 0.29) is 6.04 Å². The minimum Gasteiger partial charge on any atom is -0.377 e. The monoisotopic (exact) mass is 422 g/mol. The van der Waals surface area contributed by atoms with Crippen LogP contribution in [0.3, 0.4) is 0 Å². The van der Waals surface area contributed by atoms with Gasteiger partial charge in [0.1, 0.15) is 24.8 Å². The second-order valence-corrected chi connectivity index (χ2v) is 7.59. The minimum atomic E-state index is 0.242. The van der Waals surface area contributed by atoms with Gasteiger partial charge in [-0.2, -0.15) is 5.10 Å². The number of guanidine groups is 1. The number of aryl methyl sites for hydroxylation is 1. The second kappa shape index (κ2) is 10.2. The van der Waals surface area contributed by atoms with Gasteiger partial charge in [0.2, 0.25) is 0 Å². The summed E-state index contributed by atoms with van der Waals surface area (Å²) in [5, 5.41) is 11.4. The summed E-state index contributed by atoms with van der Waals surface area (Å²) in [5.41, 5.74) is 1.24. The van der Waals surface area contributed by atoms with Crippen LogP contribution in [0.15, 0.2) is 47.7 Å². The van der Waals surface area contributed by atoms with E-state index in [1.165, 1.54) is 5.56 Å². The molecule has 0 bridgehead atoms. The average Bonchev–Trinajstić information content (AvgIpc) is 3.39. The van der Waals surface area contributed by atoms with E-state index in [2.05, 4.69) is 61.5 Å². The molecule has 4 rings (SSSR count). The standard InChI is InChI=1S/C22H30N8O/c1-3-23-22(26-18-9-10-20-27-19(16-31-2)28-30(20)15-18)25-13-21-24-11-12-29(21)14-17-7-5-4-6-8-17/h4-8,11-12,18H,3,9-10,13-16H2,1-2H3,(H2,23,25,26). The first-order valence-electron chi connectivity index (χ1n) is 10.8. The van der Waals surface area contributed by atoms with Gasteiger partial charge in [-0.1, -0.05) is 30.3 Å². The number of methoxy groups -OCH3 is 1. The summed E-state index contributed by atoms with van der Waals surface area (Å²) < 4.78 is 9.27. The number of imidazole rings is 1. The van der Waals surface area contributed by atoms with E-state index in [0.29, 0.717) is 13.2 Å². The number of nitrogens with one attached hydrogen (secondary N) is 2. The number of aromatic nitrogens is 5. The average molecular weight is 423 g/mol. The molecular formula is C22H30N8O. The Kier molecular flexibility index (Phi) is 6.93. The van der Waals surface area contributed by atoms with E-state index in [1.54, 1.807) is 7.11 Å². The lowest BCUT2D eigenvalue weighted by Gasteiger charge is -2.25. The van der Waals surface area contributed by atoms with Crippen molar-refractivity contribution < 1.29 is 4.74 Å². The third-order valence-electron chi connectivity index (χ3n) is 5.24. The molecule has 1 atom stereocenters. The van der Waals surface area contributed by atoms with Crippen LogP contribution in [0.25, 0.3) is 0 Å². The van der Waals surface area contributed by atoms with Crippen molar-refractivity contribution in [2.75, 3.05) is 13.7 Å². The summed E-state index contributed by atoms with van der Waals surface area (Å²) in [6, 6.07) is 10.6. The van der Waals surface area contributed by atoms with Gasteiger partial charge in [-0.05, 0) is 18.9 Å². The van der Waals surface area contributed by atoms with Gasteiger partial charge in [0, 0.05) is 45.1 Å². The number of benzene rings is 1. The minimum absolute atomic E-state index is 0.242. The normalized spacial score (nSPS) is 16.2. The molecule has 1 unspecified atom stereocenters. The third-order valence-corrected chi connectivity index (χ3v) is 5.24. The summed E-state index contributed by atoms with van der Waals surface area (Å²) in [6.45, 7) is 5.37. The second-order valence-electron chi connectivity index (χ2n) is 7.59. The number of hydrogen-bond acceptors (Lipinski definition) is 5. The number of aliphatic imine (C=N–C) groups is 1. The summed E-state index contributed by atoms with van der Waals surface area (Å²) in [4.78, 5) is 13.8. The molecule has 9 heteroatoms. The number of fused-ring (bicyclic) bond motifs is 1. The number of nitrogens with zero attached hydrogens (tertiary/aromatic N) is 6. The predicted molar refractivity (Wildman–Crippen MR) is 119 cm³/mol. The van der Waals surface area contributed by atoms with Gasteiger partial charge in [0.15, 0.2) is 11.8 Å². The van der Waals surface area contributed by atoms with Crippen molar-refractivity contribution >= 4 is 5.96 Å². The maximum atomic E-state index is 5.15. The molecule has 2 aromatic heterocycles. The number of rotatable bonds is 8. The molecule has 0 saturated heterocycles. The van der Waals surface area contributed by atoms with Gasteiger partial charge in [0.05, 0.1) is 6.54 Å². The Bertz CT molecular complexity index is 994. The quantitative estimate of drug-likeness (QED) is 0.424. The summed E-state index contributed by atoms with van der Waals surface area (Å²) >= 11 is 0. The van der Waals surface area contributed by atoms with Crippen molar-refractivity contribution in [2.45, 2.75) is 52.0 Å². The molecule has 164 valence electrons. The molecule has 0 amide bonds. The van der Waals surface area contributed by atoms with Crippen LogP contribution in [-0.2, 0) is 37.4 Å². The highest BCUT2D eigenvalue weighted by Gasteiger charge is 2.22. The highest BCUT2D eigenvalue weighted by molar-refractivity contribution is 5.80. The molecule has 0 spiro atoms. The van der Waals surface area contributed by atoms with Crippen LogP contribution in [-0.4, -0.2) is 50.0 Å². The van der Waals surface area contributed by atoms with Crippen LogP contribution in [0.1, 0.15) is 36.4 Å². The molecular weight excluding hydrogens is 392 g/mol. The molecule has 31 heavy (non-hydrogen) atoms. The van der Waals surface area contributed by atoms with Crippen molar-refractivity contribution in [1.29, 1.82) is 0 Å². The van der Waals surface area contributed by atoms with Crippen molar-refractivity contribution in [3.8, 4) is 0 Å². The summed E-state index contributed by atoms with van der Waals surface area (Å²) in [5.74, 6) is 3.49. The van der Waals surface area contributed by atoms with E-state index < -0.39 is 0 Å². The molecule has 1 aromatic carbocycles. The van der Waals surface area contributed by atoms with Crippen LogP contribution >= 0.6 is 0 Å². The lowest BCUT2D eigenvalue weighted by atomic mass is 10.1. The van der Waals surface area contributed by atoms with Crippen molar-refractivity contribution in [3.05, 3.63) is 65.8 Å². The molecule has 0 radical (unpaired) electrons. The zero-order chi connectivity index (χ0) is 21.5. The molecule has 3 heterocycles. The Balaban J connectivity index is 1.39. The maximum absolute atomic E-state index is 5.15. The fourth-order valence-electron chi connectivity index (χ4n) is 3.75. The Hall–Kier alpha value is -3.20. The van der Waals surface area contributed by atoms with Gasteiger partial charge in [-0.3, -0.25) is 0 Å². The van der Waals surface area contributed by atoms with Crippen LogP contribution in [0.4, 0.5) is 0 Å². The van der Waals surface area contributed by atoms with E-state index in [0.717, 1.165) is 55.9 Å². The lowest BCUT2D eigenvalue weighted by Crippen LogP contribution is -2.47. The fourth-order valence-corrected chi connectivity index (χ4v) is 3.75. The topological polar surface area (TPSA) is 94.2 Å². The largest absolute Gasteiger partial charge is 0.377 e. The molecule has 1 aliphatic heterocycles. The Morgan fingerprint density at radius 1 is 1.29 bits per heavy atom. The van der Waals surface area contributed by atoms with Gasteiger partial charge in [-0.15, -0.1) is 0 Å². The predicted octanol–water partition coefficient (Wildman–Crippen LogP) is 1.74. The first kappa shape index (κ1) is 21.0. The molecule has 3 aromatic rings. The highest BCUT2D eigenvalue weighted by Crippen LogP contribution is 2.13. The molecule has 0 aliphatic carbocycles. The lowest BCUT2D eigenvalue weighted by molar-refractivity contribution is 0.177. The zero-order valence-electron chi connectivity index (χ0n) is 18.2. The molecule has 0 saturated carbocycles. The maximum Gasteiger partial charge on any atom is 0.191 e. The third kappa shape index (κ3) is 5.49. The molecule has 2 N–H and O–H groups in total. The SMILES string of the molecule is CCNC(=NCc1nccn1Cc1ccccc1)NC1CCc2nc(COC)nn2C1. The molecule has 9 nitrogen and oxygen atoms in total. The van der Waals surface area contributed by atoms with Gasteiger partial charge in [-0.25, -0.2) is 19.6 Å². The van der Waals surface area contributed by atoms with Crippen LogP contribution in [0, 0.1) is 0 Å². The molecule has 0 fully saturated rings. The summed E-state index contributed by atoms with van der Waals surface area (Å²) in [7, 11) is 1.66. The van der Waals surface area contributed by atoms with Crippen molar-refractivity contribution in [1.82, 2.24) is 34.9 Å². The first-order chi connectivity index (χ1) is 15.2. The number of hydrogen-bond donors (Lipinski definition) is 2. The van der Waals surface area contributed by atoms with E-state index in [1.807, 2.05) is 23.1 Å². The van der Waals surface area contributed by atoms with E-state index >= 15 is 0 Å². The highest BCUT2D eigenvalue weighted by atomic mass is 16.5. The first-order valence-corrected chi connectivity index (χ1v) is 10.8. The van der Waals surface area contributed by atoms with Gasteiger partial charge < -0.3 is 19.9 Å². The Morgan fingerprint density at radius 2 is 2.16 bits per heavy atom. The Morgan fingerprint density at radius 3 is 2.97 bits per heavy atom. The zero-order valence-corrected chi connectivity index (χ0v) is 18.2. The molecule has 1 aliphatic rings. The van der Waals surface area contributed by atoms with Crippen molar-refractivity contribution in [3.63, 3.8) is 0 Å². The van der Waals surface area contributed by atoms with Crippen molar-refractivity contribution in [2.24, 2.45) is 4.99 Å². The van der Waals surface area contributed by atoms with Crippen LogP contribution in [0.5, 0.6) is 0 Å². The smallest absolute Gasteiger partial charge is 0.191 e. The van der Waals surface area contributed by atoms with Crippen LogP contribution < -0.4 is 10.6 Å². The van der Waals surface area contributed by atoms with E-state index in [4.69, 9.17) is 9.73 Å². The fraction of sp³-hybridized carbons (Fsp3) is 0.455.